The molecule has 1 aromatic heterocycles. The van der Waals surface area contributed by atoms with Crippen LogP contribution in [0.3, 0.4) is 0 Å². The molecule has 0 saturated heterocycles. The normalized spacial score (nSPS) is 12.1. The van der Waals surface area contributed by atoms with Gasteiger partial charge in [-0.2, -0.15) is 0 Å². The van der Waals surface area contributed by atoms with Crippen molar-refractivity contribution in [2.24, 2.45) is 10.9 Å². The van der Waals surface area contributed by atoms with Crippen LogP contribution in [0.25, 0.3) is 10.1 Å². The molecule has 0 aliphatic heterocycles. The van der Waals surface area contributed by atoms with Crippen LogP contribution in [0.15, 0.2) is 64.6 Å². The minimum absolute atomic E-state index is 0.0125. The number of carbonyl (C=O) groups is 1. The van der Waals surface area contributed by atoms with Gasteiger partial charge in [-0.3, -0.25) is 4.31 Å². The van der Waals surface area contributed by atoms with Crippen molar-refractivity contribution in [3.8, 4) is 0 Å². The van der Waals surface area contributed by atoms with Gasteiger partial charge >= 0.3 is 5.97 Å². The van der Waals surface area contributed by atoms with Crippen molar-refractivity contribution in [2.75, 3.05) is 10.8 Å². The first-order chi connectivity index (χ1) is 14.3. The first-order valence-corrected chi connectivity index (χ1v) is 11.7. The van der Waals surface area contributed by atoms with Gasteiger partial charge in [0.2, 0.25) is 0 Å². The van der Waals surface area contributed by atoms with Crippen molar-refractivity contribution in [3.63, 3.8) is 0 Å². The second kappa shape index (κ2) is 9.27. The Labute approximate surface area is 179 Å². The Hall–Kier alpha value is -2.91. The molecule has 0 amide bonds. The second-order valence-electron chi connectivity index (χ2n) is 6.64. The molecule has 0 saturated carbocycles. The van der Waals surface area contributed by atoms with E-state index in [0.717, 1.165) is 22.9 Å². The molecule has 3 aromatic rings. The Morgan fingerprint density at radius 3 is 2.50 bits per heavy atom. The topological polar surface area (TPSA) is 102 Å². The molecule has 7 nitrogen and oxygen atoms in total. The molecule has 0 aliphatic carbocycles. The molecule has 9 heteroatoms. The zero-order chi connectivity index (χ0) is 21.7. The zero-order valence-electron chi connectivity index (χ0n) is 16.7. The van der Waals surface area contributed by atoms with Crippen LogP contribution in [-0.4, -0.2) is 26.8 Å². The van der Waals surface area contributed by atoms with E-state index in [2.05, 4.69) is 9.99 Å². The van der Waals surface area contributed by atoms with Crippen molar-refractivity contribution in [1.29, 1.82) is 0 Å². The number of thiophene rings is 1. The van der Waals surface area contributed by atoms with Gasteiger partial charge in [-0.05, 0) is 48.2 Å². The minimum Gasteiger partial charge on any atom is -0.380 e. The molecule has 3 rings (SSSR count). The summed E-state index contributed by atoms with van der Waals surface area (Å²) in [7, 11) is -3.76. The molecule has 1 heterocycles. The SMILES string of the molecule is CCCCN(c1cc2ccccc2s1)S(=O)(=O)c1ccc(C(N)=NOC(C)=O)cc1. The number of hydrogen-bond acceptors (Lipinski definition) is 6. The van der Waals surface area contributed by atoms with Gasteiger partial charge in [0.15, 0.2) is 5.84 Å². The van der Waals surface area contributed by atoms with E-state index < -0.39 is 16.0 Å². The van der Waals surface area contributed by atoms with E-state index >= 15 is 0 Å². The van der Waals surface area contributed by atoms with Crippen LogP contribution in [0, 0.1) is 0 Å². The number of nitrogens with two attached hydrogens (primary N) is 1. The smallest absolute Gasteiger partial charge is 0.332 e. The van der Waals surface area contributed by atoms with Crippen molar-refractivity contribution >= 4 is 48.3 Å². The average Bonchev–Trinajstić information content (AvgIpc) is 3.15. The predicted octanol–water partition coefficient (Wildman–Crippen LogP) is 4.08. The number of carbonyl (C=O) groups excluding carboxylic acids is 1. The largest absolute Gasteiger partial charge is 0.380 e. The van der Waals surface area contributed by atoms with Gasteiger partial charge in [-0.1, -0.05) is 36.7 Å². The van der Waals surface area contributed by atoms with E-state index in [1.165, 1.54) is 46.8 Å². The summed E-state index contributed by atoms with van der Waals surface area (Å²) < 4.78 is 29.3. The van der Waals surface area contributed by atoms with Gasteiger partial charge in [-0.15, -0.1) is 11.3 Å². The first-order valence-electron chi connectivity index (χ1n) is 9.45. The summed E-state index contributed by atoms with van der Waals surface area (Å²) in [6, 6.07) is 15.8. The molecule has 0 aliphatic rings. The van der Waals surface area contributed by atoms with E-state index in [4.69, 9.17) is 5.73 Å². The minimum atomic E-state index is -3.76. The molecule has 0 radical (unpaired) electrons. The molecular formula is C21H23N3O4S2. The Morgan fingerprint density at radius 2 is 1.87 bits per heavy atom. The van der Waals surface area contributed by atoms with E-state index in [0.29, 0.717) is 17.1 Å². The fourth-order valence-electron chi connectivity index (χ4n) is 2.83. The first kappa shape index (κ1) is 21.8. The third-order valence-electron chi connectivity index (χ3n) is 4.38. The van der Waals surface area contributed by atoms with Crippen LogP contribution in [0.5, 0.6) is 0 Å². The maximum Gasteiger partial charge on any atom is 0.332 e. The lowest BCUT2D eigenvalue weighted by Gasteiger charge is -2.22. The molecule has 2 N–H and O–H groups in total. The predicted molar refractivity (Wildman–Crippen MR) is 120 cm³/mol. The fourth-order valence-corrected chi connectivity index (χ4v) is 5.63. The second-order valence-corrected chi connectivity index (χ2v) is 9.56. The van der Waals surface area contributed by atoms with Crippen LogP contribution < -0.4 is 10.0 Å². The van der Waals surface area contributed by atoms with Crippen LogP contribution >= 0.6 is 11.3 Å². The number of nitrogens with zero attached hydrogens (tertiary/aromatic N) is 2. The van der Waals surface area contributed by atoms with Gasteiger partial charge in [-0.25, -0.2) is 13.2 Å². The van der Waals surface area contributed by atoms with E-state index in [1.807, 2.05) is 37.3 Å². The highest BCUT2D eigenvalue weighted by Crippen LogP contribution is 2.35. The molecule has 0 unspecified atom stereocenters. The number of hydrogen-bond donors (Lipinski definition) is 1. The van der Waals surface area contributed by atoms with Crippen molar-refractivity contribution in [1.82, 2.24) is 0 Å². The van der Waals surface area contributed by atoms with Gasteiger partial charge < -0.3 is 10.6 Å². The van der Waals surface area contributed by atoms with Crippen molar-refractivity contribution in [2.45, 2.75) is 31.6 Å². The zero-order valence-corrected chi connectivity index (χ0v) is 18.4. The monoisotopic (exact) mass is 445 g/mol. The molecule has 158 valence electrons. The Balaban J connectivity index is 1.94. The number of benzene rings is 2. The van der Waals surface area contributed by atoms with E-state index in [-0.39, 0.29) is 10.7 Å². The lowest BCUT2D eigenvalue weighted by atomic mass is 10.2. The van der Waals surface area contributed by atoms with Gasteiger partial charge in [0.25, 0.3) is 10.0 Å². The van der Waals surface area contributed by atoms with Gasteiger partial charge in [0.1, 0.15) is 5.00 Å². The Morgan fingerprint density at radius 1 is 1.17 bits per heavy atom. The Kier molecular flexibility index (Phi) is 6.73. The highest BCUT2D eigenvalue weighted by Gasteiger charge is 2.26. The highest BCUT2D eigenvalue weighted by molar-refractivity contribution is 7.93. The summed E-state index contributed by atoms with van der Waals surface area (Å²) in [5.74, 6) is -0.603. The lowest BCUT2D eigenvalue weighted by molar-refractivity contribution is -0.140. The third kappa shape index (κ3) is 4.80. The Bertz CT molecular complexity index is 1140. The molecule has 0 bridgehead atoms. The number of unbranched alkanes of at least 4 members (excludes halogenated alkanes) is 1. The molecule has 0 atom stereocenters. The van der Waals surface area contributed by atoms with E-state index in [1.54, 1.807) is 0 Å². The standard InChI is InChI=1S/C21H23N3O4S2/c1-3-4-13-24(20-14-17-7-5-6-8-19(17)29-20)30(26,27)18-11-9-16(10-12-18)21(22)23-28-15(2)25/h5-12,14H,3-4,13H2,1-2H3,(H2,22,23). The maximum absolute atomic E-state index is 13.4. The number of oxime groups is 1. The number of fused-ring (bicyclic) bond motifs is 1. The molecule has 0 spiro atoms. The van der Waals surface area contributed by atoms with Crippen LogP contribution in [0.1, 0.15) is 32.3 Å². The third-order valence-corrected chi connectivity index (χ3v) is 7.47. The summed E-state index contributed by atoms with van der Waals surface area (Å²) in [4.78, 5) is 15.5. The quantitative estimate of drug-likeness (QED) is 0.244. The summed E-state index contributed by atoms with van der Waals surface area (Å²) in [6.07, 6.45) is 1.62. The number of amidine groups is 1. The van der Waals surface area contributed by atoms with E-state index in [9.17, 15) is 13.2 Å². The number of sulfonamides is 1. The summed E-state index contributed by atoms with van der Waals surface area (Å²) in [5.41, 5.74) is 6.23. The molecular weight excluding hydrogens is 422 g/mol. The lowest BCUT2D eigenvalue weighted by Crippen LogP contribution is -2.31. The average molecular weight is 446 g/mol. The van der Waals surface area contributed by atoms with Gasteiger partial charge in [0.05, 0.1) is 4.90 Å². The molecule has 30 heavy (non-hydrogen) atoms. The van der Waals surface area contributed by atoms with Crippen LogP contribution in [-0.2, 0) is 19.7 Å². The van der Waals surface area contributed by atoms with Crippen molar-refractivity contribution < 1.29 is 18.0 Å². The fraction of sp³-hybridized carbons (Fsp3) is 0.238. The van der Waals surface area contributed by atoms with Crippen molar-refractivity contribution in [3.05, 3.63) is 60.2 Å². The van der Waals surface area contributed by atoms with Gasteiger partial charge in [0, 0.05) is 23.7 Å². The van der Waals surface area contributed by atoms with Crippen LogP contribution in [0.4, 0.5) is 5.00 Å². The summed E-state index contributed by atoms with van der Waals surface area (Å²) in [6.45, 7) is 3.63. The molecule has 0 fully saturated rings. The summed E-state index contributed by atoms with van der Waals surface area (Å²) in [5, 5.41) is 5.22. The maximum atomic E-state index is 13.4. The summed E-state index contributed by atoms with van der Waals surface area (Å²) >= 11 is 1.45. The number of rotatable bonds is 8. The molecule has 2 aromatic carbocycles. The number of anilines is 1. The highest BCUT2D eigenvalue weighted by atomic mass is 32.2. The van der Waals surface area contributed by atoms with Crippen LogP contribution in [0.2, 0.25) is 0 Å².